The number of halogens is 2. The van der Waals surface area contributed by atoms with Gasteiger partial charge in [0.15, 0.2) is 5.76 Å². The van der Waals surface area contributed by atoms with E-state index in [-0.39, 0.29) is 22.2 Å². The number of furan rings is 1. The van der Waals surface area contributed by atoms with Crippen LogP contribution in [-0.4, -0.2) is 21.0 Å². The Balaban J connectivity index is 1.73. The minimum Gasteiger partial charge on any atom is -0.506 e. The molecule has 0 atom stereocenters. The van der Waals surface area contributed by atoms with Crippen LogP contribution in [0.2, 0.25) is 10.0 Å². The van der Waals surface area contributed by atoms with E-state index < -0.39 is 0 Å². The summed E-state index contributed by atoms with van der Waals surface area (Å²) in [5.41, 5.74) is 1.40. The van der Waals surface area contributed by atoms with Crippen molar-refractivity contribution in [3.05, 3.63) is 92.7 Å². The third-order valence-corrected chi connectivity index (χ3v) is 5.28. The first-order valence-corrected chi connectivity index (χ1v) is 9.99. The third kappa shape index (κ3) is 3.56. The van der Waals surface area contributed by atoms with E-state index in [0.717, 1.165) is 5.39 Å². The standard InChI is InChI=1S/C23H13Cl2N3O3/c24-15-6-8-20-14(10-15)11-21(31-20)22-27-18-4-2-1-3-16(18)23(30)28(22)26-12-13-5-7-19(29)17(25)9-13/h1-12,29H. The molecular weight excluding hydrogens is 437 g/mol. The van der Waals surface area contributed by atoms with Crippen LogP contribution < -0.4 is 5.56 Å². The summed E-state index contributed by atoms with van der Waals surface area (Å²) in [5.74, 6) is 0.586. The predicted molar refractivity (Wildman–Crippen MR) is 122 cm³/mol. The first-order valence-electron chi connectivity index (χ1n) is 9.24. The largest absolute Gasteiger partial charge is 0.506 e. The van der Waals surface area contributed by atoms with Crippen molar-refractivity contribution >= 4 is 51.3 Å². The first-order chi connectivity index (χ1) is 15.0. The van der Waals surface area contributed by atoms with Crippen LogP contribution in [0, 0.1) is 0 Å². The quantitative estimate of drug-likeness (QED) is 0.358. The molecule has 0 fully saturated rings. The van der Waals surface area contributed by atoms with Crippen molar-refractivity contribution in [3.63, 3.8) is 0 Å². The number of aromatic hydroxyl groups is 1. The molecule has 31 heavy (non-hydrogen) atoms. The lowest BCUT2D eigenvalue weighted by atomic mass is 10.2. The van der Waals surface area contributed by atoms with Crippen molar-refractivity contribution in [2.24, 2.45) is 5.10 Å². The zero-order chi connectivity index (χ0) is 21.5. The van der Waals surface area contributed by atoms with Gasteiger partial charge in [-0.3, -0.25) is 4.79 Å². The van der Waals surface area contributed by atoms with Gasteiger partial charge in [0.05, 0.1) is 22.1 Å². The summed E-state index contributed by atoms with van der Waals surface area (Å²) in [4.78, 5) is 17.8. The minimum absolute atomic E-state index is 0.0371. The number of phenolic OH excluding ortho intramolecular Hbond substituents is 1. The van der Waals surface area contributed by atoms with Crippen molar-refractivity contribution < 1.29 is 9.52 Å². The molecule has 5 rings (SSSR count). The lowest BCUT2D eigenvalue weighted by Crippen LogP contribution is -2.20. The number of aromatic nitrogens is 2. The van der Waals surface area contributed by atoms with E-state index >= 15 is 0 Å². The molecule has 0 radical (unpaired) electrons. The van der Waals surface area contributed by atoms with Gasteiger partial charge in [0.25, 0.3) is 5.56 Å². The van der Waals surface area contributed by atoms with Crippen LogP contribution in [0.5, 0.6) is 5.75 Å². The van der Waals surface area contributed by atoms with Crippen LogP contribution >= 0.6 is 23.2 Å². The number of rotatable bonds is 3. The number of benzene rings is 3. The smallest absolute Gasteiger partial charge is 0.282 e. The van der Waals surface area contributed by atoms with Crippen LogP contribution in [-0.2, 0) is 0 Å². The summed E-state index contributed by atoms with van der Waals surface area (Å²) >= 11 is 12.1. The summed E-state index contributed by atoms with van der Waals surface area (Å²) < 4.78 is 7.11. The second-order valence-electron chi connectivity index (χ2n) is 6.82. The highest BCUT2D eigenvalue weighted by molar-refractivity contribution is 6.32. The SMILES string of the molecule is O=c1c2ccccc2nc(-c2cc3cc(Cl)ccc3o2)n1N=Cc1ccc(O)c(Cl)c1. The fourth-order valence-electron chi connectivity index (χ4n) is 3.24. The fourth-order valence-corrected chi connectivity index (χ4v) is 3.61. The van der Waals surface area contributed by atoms with Gasteiger partial charge in [-0.25, -0.2) is 4.98 Å². The van der Waals surface area contributed by atoms with Crippen LogP contribution in [0.4, 0.5) is 0 Å². The topological polar surface area (TPSA) is 80.6 Å². The Kier molecular flexibility index (Phi) is 4.73. The number of nitrogens with zero attached hydrogens (tertiary/aromatic N) is 3. The summed E-state index contributed by atoms with van der Waals surface area (Å²) in [5, 5.41) is 15.9. The highest BCUT2D eigenvalue weighted by Crippen LogP contribution is 2.29. The second-order valence-corrected chi connectivity index (χ2v) is 7.66. The van der Waals surface area contributed by atoms with Crippen molar-refractivity contribution in [3.8, 4) is 17.3 Å². The molecule has 2 aromatic heterocycles. The predicted octanol–water partition coefficient (Wildman–Crippen LogP) is 5.70. The summed E-state index contributed by atoms with van der Waals surface area (Å²) in [6, 6.07) is 18.7. The fraction of sp³-hybridized carbons (Fsp3) is 0. The normalized spacial score (nSPS) is 11.7. The van der Waals surface area contributed by atoms with E-state index in [2.05, 4.69) is 10.1 Å². The molecule has 0 unspecified atom stereocenters. The first kappa shape index (κ1) is 19.4. The molecule has 0 saturated carbocycles. The summed E-state index contributed by atoms with van der Waals surface area (Å²) in [6.45, 7) is 0. The van der Waals surface area contributed by atoms with E-state index in [1.165, 1.54) is 17.0 Å². The number of hydrogen-bond donors (Lipinski definition) is 1. The molecule has 152 valence electrons. The maximum Gasteiger partial charge on any atom is 0.282 e. The molecule has 0 bridgehead atoms. The maximum absolute atomic E-state index is 13.2. The number of para-hydroxylation sites is 1. The van der Waals surface area contributed by atoms with Crippen molar-refractivity contribution in [1.82, 2.24) is 9.66 Å². The Hall–Kier alpha value is -3.61. The zero-order valence-electron chi connectivity index (χ0n) is 15.8. The van der Waals surface area contributed by atoms with E-state index in [9.17, 15) is 9.90 Å². The molecule has 0 saturated heterocycles. The third-order valence-electron chi connectivity index (χ3n) is 4.75. The monoisotopic (exact) mass is 449 g/mol. The molecule has 0 aliphatic heterocycles. The molecule has 0 spiro atoms. The Morgan fingerprint density at radius 2 is 1.87 bits per heavy atom. The van der Waals surface area contributed by atoms with Crippen LogP contribution in [0.25, 0.3) is 33.5 Å². The average molecular weight is 450 g/mol. The van der Waals surface area contributed by atoms with Gasteiger partial charge in [-0.2, -0.15) is 9.78 Å². The Morgan fingerprint density at radius 1 is 1.03 bits per heavy atom. The highest BCUT2D eigenvalue weighted by atomic mass is 35.5. The van der Waals surface area contributed by atoms with Gasteiger partial charge >= 0.3 is 0 Å². The van der Waals surface area contributed by atoms with Gasteiger partial charge in [-0.05, 0) is 60.2 Å². The molecule has 0 aliphatic carbocycles. The van der Waals surface area contributed by atoms with Gasteiger partial charge in [0.1, 0.15) is 11.3 Å². The molecule has 6 nitrogen and oxygen atoms in total. The van der Waals surface area contributed by atoms with Crippen molar-refractivity contribution in [2.45, 2.75) is 0 Å². The lowest BCUT2D eigenvalue weighted by molar-refractivity contribution is 0.475. The molecular formula is C23H13Cl2N3O3. The molecule has 3 aromatic carbocycles. The maximum atomic E-state index is 13.2. The van der Waals surface area contributed by atoms with Crippen LogP contribution in [0.15, 0.2) is 81.0 Å². The molecule has 1 N–H and O–H groups in total. The summed E-state index contributed by atoms with van der Waals surface area (Å²) in [7, 11) is 0. The molecule has 2 heterocycles. The second kappa shape index (κ2) is 7.58. The van der Waals surface area contributed by atoms with Gasteiger partial charge in [-0.15, -0.1) is 0 Å². The molecule has 0 aliphatic rings. The molecule has 5 aromatic rings. The number of hydrogen-bond acceptors (Lipinski definition) is 5. The Labute approximate surface area is 185 Å². The van der Waals surface area contributed by atoms with Gasteiger partial charge in [-0.1, -0.05) is 35.3 Å². The van der Waals surface area contributed by atoms with Crippen molar-refractivity contribution in [1.29, 1.82) is 0 Å². The van der Waals surface area contributed by atoms with E-state index in [1.54, 1.807) is 54.6 Å². The number of fused-ring (bicyclic) bond motifs is 2. The lowest BCUT2D eigenvalue weighted by Gasteiger charge is -2.07. The van der Waals surface area contributed by atoms with E-state index in [0.29, 0.717) is 32.8 Å². The average Bonchev–Trinajstić information content (AvgIpc) is 3.18. The Bertz CT molecular complexity index is 1550. The highest BCUT2D eigenvalue weighted by Gasteiger charge is 2.16. The van der Waals surface area contributed by atoms with Crippen molar-refractivity contribution in [2.75, 3.05) is 0 Å². The van der Waals surface area contributed by atoms with Gasteiger partial charge < -0.3 is 9.52 Å². The van der Waals surface area contributed by atoms with E-state index in [1.807, 2.05) is 6.07 Å². The zero-order valence-corrected chi connectivity index (χ0v) is 17.3. The summed E-state index contributed by atoms with van der Waals surface area (Å²) in [6.07, 6.45) is 1.46. The molecule has 0 amide bonds. The Morgan fingerprint density at radius 3 is 2.71 bits per heavy atom. The van der Waals surface area contributed by atoms with E-state index in [4.69, 9.17) is 27.6 Å². The number of phenols is 1. The van der Waals surface area contributed by atoms with Crippen LogP contribution in [0.1, 0.15) is 5.56 Å². The minimum atomic E-state index is -0.347. The van der Waals surface area contributed by atoms with Gasteiger partial charge in [0.2, 0.25) is 5.82 Å². The molecule has 8 heteroatoms. The van der Waals surface area contributed by atoms with Crippen LogP contribution in [0.3, 0.4) is 0 Å². The van der Waals surface area contributed by atoms with Gasteiger partial charge in [0, 0.05) is 10.4 Å².